The van der Waals surface area contributed by atoms with Crippen LogP contribution in [0.1, 0.15) is 62.3 Å². The molecule has 5 heterocycles. The van der Waals surface area contributed by atoms with E-state index in [0.29, 0.717) is 55.8 Å². The zero-order valence-electron chi connectivity index (χ0n) is 29.2. The van der Waals surface area contributed by atoms with E-state index in [1.807, 2.05) is 73.7 Å². The summed E-state index contributed by atoms with van der Waals surface area (Å²) in [7, 11) is 0. The normalized spacial score (nSPS) is 27.1. The molecule has 266 valence electrons. The molecule has 0 radical (unpaired) electrons. The number of aliphatic hydroxyl groups is 1. The number of carbonyl (C=O) groups is 4. The number of halogens is 1. The minimum absolute atomic E-state index is 0.0147. The average Bonchev–Trinajstić information content (AvgIpc) is 3.52. The number of ether oxygens (including phenoxy) is 1. The summed E-state index contributed by atoms with van der Waals surface area (Å²) in [6.45, 7) is 6.33. The molecule has 51 heavy (non-hydrogen) atoms. The van der Waals surface area contributed by atoms with E-state index in [2.05, 4.69) is 0 Å². The van der Waals surface area contributed by atoms with Crippen molar-refractivity contribution in [3.63, 3.8) is 0 Å². The summed E-state index contributed by atoms with van der Waals surface area (Å²) < 4.78 is 23.3. The van der Waals surface area contributed by atoms with Crippen molar-refractivity contribution in [3.8, 4) is 0 Å². The summed E-state index contributed by atoms with van der Waals surface area (Å²) in [5, 5.41) is 10.3. The van der Waals surface area contributed by atoms with Gasteiger partial charge < -0.3 is 29.4 Å². The Morgan fingerprint density at radius 3 is 2.20 bits per heavy atom. The molecule has 8 rings (SSSR count). The van der Waals surface area contributed by atoms with Crippen molar-refractivity contribution in [3.05, 3.63) is 89.0 Å². The third-order valence-corrected chi connectivity index (χ3v) is 11.8. The van der Waals surface area contributed by atoms with Gasteiger partial charge in [-0.1, -0.05) is 43.3 Å². The summed E-state index contributed by atoms with van der Waals surface area (Å²) in [6.07, 6.45) is 0.382. The van der Waals surface area contributed by atoms with Crippen LogP contribution < -0.4 is 14.7 Å². The zero-order valence-corrected chi connectivity index (χ0v) is 29.2. The van der Waals surface area contributed by atoms with Gasteiger partial charge >= 0.3 is 0 Å². The highest BCUT2D eigenvalue weighted by Crippen LogP contribution is 2.59. The highest BCUT2D eigenvalue weighted by Gasteiger charge is 2.66. The second-order valence-electron chi connectivity index (χ2n) is 15.2. The smallest absolute Gasteiger partial charge is 0.264 e. The van der Waals surface area contributed by atoms with Crippen LogP contribution in [0.2, 0.25) is 0 Å². The Morgan fingerprint density at radius 2 is 1.59 bits per heavy atom. The lowest BCUT2D eigenvalue weighted by atomic mass is 9.71. The topological polar surface area (TPSA) is 111 Å². The second-order valence-corrected chi connectivity index (χ2v) is 15.2. The molecule has 0 unspecified atom stereocenters. The van der Waals surface area contributed by atoms with Crippen molar-refractivity contribution in [1.29, 1.82) is 0 Å². The van der Waals surface area contributed by atoms with E-state index in [1.54, 1.807) is 19.6 Å². The van der Waals surface area contributed by atoms with Crippen LogP contribution in [0.5, 0.6) is 0 Å². The van der Waals surface area contributed by atoms with E-state index < -0.39 is 35.3 Å². The first kappa shape index (κ1) is 33.5. The van der Waals surface area contributed by atoms with Gasteiger partial charge in [0.05, 0.1) is 37.4 Å². The van der Waals surface area contributed by atoms with E-state index in [1.165, 1.54) is 13.8 Å². The molecule has 3 fully saturated rings. The maximum Gasteiger partial charge on any atom is 0.264 e. The summed E-state index contributed by atoms with van der Waals surface area (Å²) in [6, 6.07) is 20.4. The average molecular weight is 695 g/mol. The molecule has 0 saturated carbocycles. The van der Waals surface area contributed by atoms with Gasteiger partial charge in [0, 0.05) is 61.2 Å². The van der Waals surface area contributed by atoms with Crippen molar-refractivity contribution < 1.29 is 33.4 Å². The number of hydrogen-bond acceptors (Lipinski definition) is 6. The number of carbonyl (C=O) groups excluding carboxylic acids is 4. The van der Waals surface area contributed by atoms with Gasteiger partial charge in [-0.15, -0.1) is 0 Å². The molecule has 5 aliphatic rings. The third-order valence-electron chi connectivity index (χ3n) is 11.8. The number of anilines is 3. The lowest BCUT2D eigenvalue weighted by molar-refractivity contribution is -0.151. The molecule has 10 nitrogen and oxygen atoms in total. The van der Waals surface area contributed by atoms with Crippen LogP contribution in [0.15, 0.2) is 66.7 Å². The first-order chi connectivity index (χ1) is 24.4. The van der Waals surface area contributed by atoms with Crippen LogP contribution in [-0.4, -0.2) is 71.1 Å². The first-order valence-electron chi connectivity index (χ1n) is 17.9. The molecular formula is C40H43FN4O6. The Hall–Kier alpha value is -4.61. The maximum atomic E-state index is 16.4. The van der Waals surface area contributed by atoms with Gasteiger partial charge in [0.25, 0.3) is 5.91 Å². The third kappa shape index (κ3) is 5.35. The number of benzene rings is 3. The zero-order chi connectivity index (χ0) is 35.8. The molecule has 3 aromatic carbocycles. The fourth-order valence-electron chi connectivity index (χ4n) is 9.03. The van der Waals surface area contributed by atoms with Crippen LogP contribution in [0.25, 0.3) is 0 Å². The predicted molar refractivity (Wildman–Crippen MR) is 189 cm³/mol. The quantitative estimate of drug-likeness (QED) is 0.345. The van der Waals surface area contributed by atoms with Crippen LogP contribution >= 0.6 is 0 Å². The number of amides is 4. The molecule has 11 heteroatoms. The molecule has 5 atom stereocenters. The Labute approximate surface area is 296 Å². The summed E-state index contributed by atoms with van der Waals surface area (Å²) in [5.74, 6) is -2.06. The Morgan fingerprint density at radius 1 is 0.941 bits per heavy atom. The van der Waals surface area contributed by atoms with Gasteiger partial charge in [-0.25, -0.2) is 4.39 Å². The van der Waals surface area contributed by atoms with Crippen molar-refractivity contribution >= 4 is 40.7 Å². The molecule has 1 spiro atoms. The minimum Gasteiger partial charge on any atom is -0.394 e. The number of fused-ring (bicyclic) bond motifs is 3. The minimum atomic E-state index is -1.82. The monoisotopic (exact) mass is 694 g/mol. The standard InChI is InChI=1S/C40H43FN4O6/c1-24-37(39(2,3)41)33(20-36(49)44-22-27-7-5-4-6-26(27)18-30(44)23-46)51-40(24)31-19-29(43-17-15-35(43)48)12-13-32(31)45(38(40)50)21-25-8-10-28(11-9-25)42-16-14-34(42)47/h4-13,19,24,30,33,37,46H,14-18,20-23H2,1-3H3/t24-,30-,33+,37-,40+/m0/s1. The molecule has 0 aromatic heterocycles. The SMILES string of the molecule is C[C@H]1[C@H](C(C)(C)F)[C@@H](CC(=O)N2Cc3ccccc3C[C@H]2CO)O[C@]12C(=O)N(Cc1ccc(N3CCC3=O)cc1)c1ccc(N3CCC3=O)cc12. The highest BCUT2D eigenvalue weighted by molar-refractivity contribution is 6.09. The second kappa shape index (κ2) is 12.3. The van der Waals surface area contributed by atoms with Gasteiger partial charge in [0.15, 0.2) is 5.60 Å². The fraction of sp³-hybridized carbons (Fsp3) is 0.450. The van der Waals surface area contributed by atoms with Crippen molar-refractivity contribution in [2.75, 3.05) is 34.4 Å². The van der Waals surface area contributed by atoms with Crippen molar-refractivity contribution in [1.82, 2.24) is 4.90 Å². The van der Waals surface area contributed by atoms with Crippen LogP contribution in [0.3, 0.4) is 0 Å². The Kier molecular flexibility index (Phi) is 8.06. The van der Waals surface area contributed by atoms with E-state index in [-0.39, 0.29) is 43.2 Å². The summed E-state index contributed by atoms with van der Waals surface area (Å²) in [4.78, 5) is 60.3. The number of rotatable bonds is 8. The summed E-state index contributed by atoms with van der Waals surface area (Å²) >= 11 is 0. The molecule has 3 aromatic rings. The fourth-order valence-corrected chi connectivity index (χ4v) is 9.03. The summed E-state index contributed by atoms with van der Waals surface area (Å²) in [5.41, 5.74) is 2.12. The number of aliphatic hydroxyl groups excluding tert-OH is 1. The molecular weight excluding hydrogens is 651 g/mol. The van der Waals surface area contributed by atoms with E-state index in [0.717, 1.165) is 22.4 Å². The van der Waals surface area contributed by atoms with Crippen LogP contribution in [-0.2, 0) is 49.0 Å². The Bertz CT molecular complexity index is 1930. The molecule has 3 saturated heterocycles. The molecule has 0 bridgehead atoms. The highest BCUT2D eigenvalue weighted by atomic mass is 19.1. The van der Waals surface area contributed by atoms with Crippen LogP contribution in [0, 0.1) is 11.8 Å². The van der Waals surface area contributed by atoms with Gasteiger partial charge in [-0.3, -0.25) is 19.2 Å². The van der Waals surface area contributed by atoms with E-state index in [9.17, 15) is 24.3 Å². The van der Waals surface area contributed by atoms with Crippen molar-refractivity contribution in [2.24, 2.45) is 11.8 Å². The largest absolute Gasteiger partial charge is 0.394 e. The van der Waals surface area contributed by atoms with Gasteiger partial charge in [-0.2, -0.15) is 0 Å². The van der Waals surface area contributed by atoms with Gasteiger partial charge in [-0.05, 0) is 67.3 Å². The maximum absolute atomic E-state index is 16.4. The molecule has 5 aliphatic heterocycles. The van der Waals surface area contributed by atoms with Crippen molar-refractivity contribution in [2.45, 2.75) is 83.0 Å². The first-order valence-corrected chi connectivity index (χ1v) is 17.9. The number of hydrogen-bond donors (Lipinski definition) is 1. The lowest BCUT2D eigenvalue weighted by Crippen LogP contribution is -2.48. The van der Waals surface area contributed by atoms with Gasteiger partial charge in [0.1, 0.15) is 5.67 Å². The number of β-lactam (4-membered cyclic amide) rings is 2. The van der Waals surface area contributed by atoms with E-state index >= 15 is 4.39 Å². The molecule has 1 N–H and O–H groups in total. The predicted octanol–water partition coefficient (Wildman–Crippen LogP) is 4.64. The van der Waals surface area contributed by atoms with Gasteiger partial charge in [0.2, 0.25) is 17.7 Å². The molecule has 4 amide bonds. The number of nitrogens with zero attached hydrogens (tertiary/aromatic N) is 4. The molecule has 0 aliphatic carbocycles. The van der Waals surface area contributed by atoms with E-state index in [4.69, 9.17) is 4.74 Å². The van der Waals surface area contributed by atoms with Crippen LogP contribution in [0.4, 0.5) is 21.5 Å². The Balaban J connectivity index is 1.14. The number of alkyl halides is 1. The lowest BCUT2D eigenvalue weighted by Gasteiger charge is -2.37.